The first-order valence-electron chi connectivity index (χ1n) is 6.85. The highest BCUT2D eigenvalue weighted by molar-refractivity contribution is 5.95. The average Bonchev–Trinajstić information content (AvgIpc) is 2.90. The van der Waals surface area contributed by atoms with Gasteiger partial charge in [0.1, 0.15) is 17.5 Å². The number of fused-ring (bicyclic) bond motifs is 1. The summed E-state index contributed by atoms with van der Waals surface area (Å²) in [6.07, 6.45) is 2.32. The number of carbonyl (C=O) groups is 1. The van der Waals surface area contributed by atoms with Gasteiger partial charge in [0.2, 0.25) is 0 Å². The molecule has 1 aromatic carbocycles. The first kappa shape index (κ1) is 13.0. The Kier molecular flexibility index (Phi) is 3.60. The molecule has 2 aromatic rings. The maximum atomic E-state index is 11.5. The molecule has 2 N–H and O–H groups in total. The standard InChI is InChI=1S/C15H18N2O3/c1-19-15(18)14-9-10-8-12(2-3-13(10)17-14)20-11-4-6-16-7-5-11/h2-3,8-9,11,16-17H,4-7H2,1H3. The zero-order valence-corrected chi connectivity index (χ0v) is 11.4. The number of ether oxygens (including phenoxy) is 2. The van der Waals surface area contributed by atoms with Gasteiger partial charge < -0.3 is 19.8 Å². The van der Waals surface area contributed by atoms with Gasteiger partial charge in [0.15, 0.2) is 0 Å². The molecule has 2 heterocycles. The molecular weight excluding hydrogens is 256 g/mol. The van der Waals surface area contributed by atoms with E-state index in [4.69, 9.17) is 9.47 Å². The molecule has 20 heavy (non-hydrogen) atoms. The van der Waals surface area contributed by atoms with Crippen LogP contribution in [0.2, 0.25) is 0 Å². The number of benzene rings is 1. The van der Waals surface area contributed by atoms with Crippen molar-refractivity contribution in [3.05, 3.63) is 30.0 Å². The van der Waals surface area contributed by atoms with E-state index in [1.807, 2.05) is 18.2 Å². The summed E-state index contributed by atoms with van der Waals surface area (Å²) in [4.78, 5) is 14.5. The molecule has 0 spiro atoms. The van der Waals surface area contributed by atoms with Crippen LogP contribution in [0.5, 0.6) is 5.75 Å². The number of methoxy groups -OCH3 is 1. The van der Waals surface area contributed by atoms with Crippen molar-refractivity contribution >= 4 is 16.9 Å². The molecule has 5 heteroatoms. The van der Waals surface area contributed by atoms with E-state index >= 15 is 0 Å². The number of rotatable bonds is 3. The van der Waals surface area contributed by atoms with Gasteiger partial charge in [-0.05, 0) is 50.2 Å². The molecule has 1 fully saturated rings. The maximum absolute atomic E-state index is 11.5. The van der Waals surface area contributed by atoms with Crippen molar-refractivity contribution in [3.8, 4) is 5.75 Å². The highest BCUT2D eigenvalue weighted by Crippen LogP contribution is 2.24. The molecule has 0 radical (unpaired) electrons. The number of carbonyl (C=O) groups excluding carboxylic acids is 1. The lowest BCUT2D eigenvalue weighted by Gasteiger charge is -2.23. The van der Waals surface area contributed by atoms with E-state index in [2.05, 4.69) is 10.3 Å². The Hall–Kier alpha value is -2.01. The first-order valence-corrected chi connectivity index (χ1v) is 6.85. The quantitative estimate of drug-likeness (QED) is 0.841. The summed E-state index contributed by atoms with van der Waals surface area (Å²) in [5.74, 6) is 0.488. The molecule has 5 nitrogen and oxygen atoms in total. The molecule has 0 aliphatic carbocycles. The van der Waals surface area contributed by atoms with E-state index in [1.54, 1.807) is 6.07 Å². The van der Waals surface area contributed by atoms with Gasteiger partial charge in [-0.25, -0.2) is 4.79 Å². The SMILES string of the molecule is COC(=O)c1cc2cc(OC3CCNCC3)ccc2[nH]1. The third-order valence-corrected chi connectivity index (χ3v) is 3.59. The van der Waals surface area contributed by atoms with E-state index in [0.717, 1.165) is 42.6 Å². The predicted molar refractivity (Wildman–Crippen MR) is 76.2 cm³/mol. The number of hydrogen-bond acceptors (Lipinski definition) is 4. The Morgan fingerprint density at radius 3 is 2.80 bits per heavy atom. The Balaban J connectivity index is 1.80. The third kappa shape index (κ3) is 2.63. The molecule has 0 atom stereocenters. The molecule has 0 amide bonds. The van der Waals surface area contributed by atoms with E-state index in [1.165, 1.54) is 7.11 Å². The van der Waals surface area contributed by atoms with Gasteiger partial charge in [-0.2, -0.15) is 0 Å². The third-order valence-electron chi connectivity index (χ3n) is 3.59. The largest absolute Gasteiger partial charge is 0.490 e. The van der Waals surface area contributed by atoms with Crippen LogP contribution in [-0.2, 0) is 4.74 Å². The monoisotopic (exact) mass is 274 g/mol. The van der Waals surface area contributed by atoms with Crippen LogP contribution in [0.1, 0.15) is 23.3 Å². The van der Waals surface area contributed by atoms with Gasteiger partial charge in [-0.3, -0.25) is 0 Å². The van der Waals surface area contributed by atoms with Gasteiger partial charge in [0.05, 0.1) is 7.11 Å². The summed E-state index contributed by atoms with van der Waals surface area (Å²) in [5, 5.41) is 4.27. The van der Waals surface area contributed by atoms with Crippen LogP contribution < -0.4 is 10.1 Å². The van der Waals surface area contributed by atoms with Crippen LogP contribution in [0.15, 0.2) is 24.3 Å². The minimum Gasteiger partial charge on any atom is -0.490 e. The molecule has 1 aliphatic heterocycles. The molecule has 3 rings (SSSR count). The molecule has 1 aliphatic rings. The van der Waals surface area contributed by atoms with Crippen molar-refractivity contribution in [2.45, 2.75) is 18.9 Å². The number of hydrogen-bond donors (Lipinski definition) is 2. The minimum absolute atomic E-state index is 0.271. The van der Waals surface area contributed by atoms with Crippen LogP contribution in [0.4, 0.5) is 0 Å². The number of H-pyrrole nitrogens is 1. The molecule has 1 saturated heterocycles. The molecular formula is C15H18N2O3. The Labute approximate surface area is 117 Å². The van der Waals surface area contributed by atoms with Gasteiger partial charge in [-0.15, -0.1) is 0 Å². The van der Waals surface area contributed by atoms with Crippen molar-refractivity contribution in [2.75, 3.05) is 20.2 Å². The second-order valence-electron chi connectivity index (χ2n) is 4.99. The van der Waals surface area contributed by atoms with Crippen molar-refractivity contribution in [2.24, 2.45) is 0 Å². The Morgan fingerprint density at radius 2 is 2.05 bits per heavy atom. The lowest BCUT2D eigenvalue weighted by Crippen LogP contribution is -2.34. The van der Waals surface area contributed by atoms with Crippen LogP contribution in [0, 0.1) is 0 Å². The topological polar surface area (TPSA) is 63.4 Å². The van der Waals surface area contributed by atoms with Crippen LogP contribution in [-0.4, -0.2) is 37.3 Å². The van der Waals surface area contributed by atoms with E-state index in [0.29, 0.717) is 5.69 Å². The van der Waals surface area contributed by atoms with Crippen molar-refractivity contribution in [1.29, 1.82) is 0 Å². The zero-order valence-electron chi connectivity index (χ0n) is 11.4. The predicted octanol–water partition coefficient (Wildman–Crippen LogP) is 2.09. The second kappa shape index (κ2) is 5.54. The summed E-state index contributed by atoms with van der Waals surface area (Å²) >= 11 is 0. The first-order chi connectivity index (χ1) is 9.76. The fraction of sp³-hybridized carbons (Fsp3) is 0.400. The highest BCUT2D eigenvalue weighted by Gasteiger charge is 2.15. The lowest BCUT2D eigenvalue weighted by atomic mass is 10.1. The molecule has 106 valence electrons. The summed E-state index contributed by atoms with van der Waals surface area (Å²) in [5.41, 5.74) is 1.37. The molecule has 0 saturated carbocycles. The Morgan fingerprint density at radius 1 is 1.25 bits per heavy atom. The van der Waals surface area contributed by atoms with Crippen molar-refractivity contribution in [1.82, 2.24) is 10.3 Å². The summed E-state index contributed by atoms with van der Waals surface area (Å²) < 4.78 is 10.7. The molecule has 1 aromatic heterocycles. The highest BCUT2D eigenvalue weighted by atomic mass is 16.5. The maximum Gasteiger partial charge on any atom is 0.354 e. The van der Waals surface area contributed by atoms with Gasteiger partial charge in [0.25, 0.3) is 0 Å². The normalized spacial score (nSPS) is 16.2. The minimum atomic E-state index is -0.359. The van der Waals surface area contributed by atoms with E-state index < -0.39 is 0 Å². The van der Waals surface area contributed by atoms with Gasteiger partial charge in [0, 0.05) is 10.9 Å². The number of nitrogens with one attached hydrogen (secondary N) is 2. The van der Waals surface area contributed by atoms with Crippen LogP contribution in [0.3, 0.4) is 0 Å². The molecule has 0 unspecified atom stereocenters. The number of aromatic nitrogens is 1. The number of esters is 1. The number of aromatic amines is 1. The summed E-state index contributed by atoms with van der Waals surface area (Å²) in [6, 6.07) is 7.61. The van der Waals surface area contributed by atoms with Crippen molar-refractivity contribution < 1.29 is 14.3 Å². The van der Waals surface area contributed by atoms with Crippen LogP contribution in [0.25, 0.3) is 10.9 Å². The van der Waals surface area contributed by atoms with Gasteiger partial charge in [-0.1, -0.05) is 0 Å². The molecule has 0 bridgehead atoms. The Bertz CT molecular complexity index is 615. The summed E-state index contributed by atoms with van der Waals surface area (Å²) in [7, 11) is 1.37. The average molecular weight is 274 g/mol. The fourth-order valence-corrected chi connectivity index (χ4v) is 2.51. The number of piperidine rings is 1. The van der Waals surface area contributed by atoms with E-state index in [9.17, 15) is 4.79 Å². The lowest BCUT2D eigenvalue weighted by molar-refractivity contribution is 0.0595. The zero-order chi connectivity index (χ0) is 13.9. The fourth-order valence-electron chi connectivity index (χ4n) is 2.51. The summed E-state index contributed by atoms with van der Waals surface area (Å²) in [6.45, 7) is 2.01. The second-order valence-corrected chi connectivity index (χ2v) is 4.99. The smallest absolute Gasteiger partial charge is 0.354 e. The van der Waals surface area contributed by atoms with Gasteiger partial charge >= 0.3 is 5.97 Å². The van der Waals surface area contributed by atoms with E-state index in [-0.39, 0.29) is 12.1 Å². The van der Waals surface area contributed by atoms with Crippen molar-refractivity contribution in [3.63, 3.8) is 0 Å². The van der Waals surface area contributed by atoms with Crippen LogP contribution >= 0.6 is 0 Å².